The summed E-state index contributed by atoms with van der Waals surface area (Å²) in [5, 5.41) is 13.8. The maximum absolute atomic E-state index is 12.5. The molecule has 1 saturated carbocycles. The quantitative estimate of drug-likeness (QED) is 0.858. The second kappa shape index (κ2) is 7.03. The van der Waals surface area contributed by atoms with Gasteiger partial charge < -0.3 is 15.3 Å². The van der Waals surface area contributed by atoms with Crippen molar-refractivity contribution in [2.75, 3.05) is 13.1 Å². The van der Waals surface area contributed by atoms with E-state index < -0.39 is 0 Å². The van der Waals surface area contributed by atoms with Crippen LogP contribution in [0.4, 0.5) is 0 Å². The summed E-state index contributed by atoms with van der Waals surface area (Å²) in [5.41, 5.74) is 1.86. The molecule has 0 spiro atoms. The number of likely N-dealkylation sites (tertiary alicyclic amines) is 1. The van der Waals surface area contributed by atoms with Gasteiger partial charge in [0.15, 0.2) is 0 Å². The van der Waals surface area contributed by atoms with Crippen LogP contribution in [0.5, 0.6) is 0 Å². The van der Waals surface area contributed by atoms with Crippen molar-refractivity contribution >= 4 is 22.7 Å². The van der Waals surface area contributed by atoms with Crippen molar-refractivity contribution < 1.29 is 14.7 Å². The topological polar surface area (TPSA) is 82.5 Å². The van der Waals surface area contributed by atoms with Crippen LogP contribution in [-0.2, 0) is 9.59 Å². The molecule has 2 N–H and O–H groups in total. The number of benzene rings is 1. The van der Waals surface area contributed by atoms with Gasteiger partial charge in [-0.1, -0.05) is 18.2 Å². The first-order valence-corrected chi connectivity index (χ1v) is 9.20. The van der Waals surface area contributed by atoms with Crippen molar-refractivity contribution in [3.05, 3.63) is 42.1 Å². The van der Waals surface area contributed by atoms with E-state index in [0.29, 0.717) is 25.8 Å². The number of nitrogens with one attached hydrogen (secondary N) is 1. The molecule has 1 aromatic heterocycles. The van der Waals surface area contributed by atoms with Crippen LogP contribution in [0, 0.1) is 5.92 Å². The number of fused-ring (bicyclic) bond motifs is 1. The zero-order valence-corrected chi connectivity index (χ0v) is 14.6. The van der Waals surface area contributed by atoms with Crippen molar-refractivity contribution in [3.8, 4) is 0 Å². The van der Waals surface area contributed by atoms with E-state index in [1.165, 1.54) is 0 Å². The maximum Gasteiger partial charge on any atom is 0.240 e. The lowest BCUT2D eigenvalue weighted by Gasteiger charge is -2.38. The summed E-state index contributed by atoms with van der Waals surface area (Å²) in [4.78, 5) is 30.4. The summed E-state index contributed by atoms with van der Waals surface area (Å²) in [7, 11) is 0. The van der Waals surface area contributed by atoms with Gasteiger partial charge in [0.25, 0.3) is 0 Å². The Hall–Kier alpha value is -2.47. The molecular weight excluding hydrogens is 330 g/mol. The minimum Gasteiger partial charge on any atom is -0.393 e. The van der Waals surface area contributed by atoms with Crippen molar-refractivity contribution in [3.63, 3.8) is 0 Å². The molecule has 1 aliphatic carbocycles. The number of aliphatic hydroxyl groups is 1. The summed E-state index contributed by atoms with van der Waals surface area (Å²) in [6.45, 7) is 0.752. The van der Waals surface area contributed by atoms with Crippen LogP contribution in [0.1, 0.15) is 37.3 Å². The van der Waals surface area contributed by atoms with Crippen LogP contribution in [0.15, 0.2) is 36.5 Å². The minimum absolute atomic E-state index is 0.0446. The van der Waals surface area contributed by atoms with E-state index in [1.54, 1.807) is 11.1 Å². The monoisotopic (exact) mass is 353 g/mol. The van der Waals surface area contributed by atoms with E-state index in [4.69, 9.17) is 0 Å². The van der Waals surface area contributed by atoms with Crippen LogP contribution in [0.3, 0.4) is 0 Å². The van der Waals surface area contributed by atoms with Crippen molar-refractivity contribution in [1.29, 1.82) is 0 Å². The minimum atomic E-state index is -0.298. The average molecular weight is 353 g/mol. The highest BCUT2D eigenvalue weighted by Crippen LogP contribution is 2.38. The molecule has 26 heavy (non-hydrogen) atoms. The van der Waals surface area contributed by atoms with Gasteiger partial charge in [0.05, 0.1) is 24.2 Å². The summed E-state index contributed by atoms with van der Waals surface area (Å²) < 4.78 is 0. The number of hydrogen-bond acceptors (Lipinski definition) is 4. The van der Waals surface area contributed by atoms with E-state index in [0.717, 1.165) is 22.9 Å². The summed E-state index contributed by atoms with van der Waals surface area (Å²) in [6, 6.07) is 9.73. The predicted octanol–water partition coefficient (Wildman–Crippen LogP) is 1.79. The second-order valence-corrected chi connectivity index (χ2v) is 7.31. The maximum atomic E-state index is 12.5. The highest BCUT2D eigenvalue weighted by atomic mass is 16.3. The Morgan fingerprint density at radius 1 is 1.35 bits per heavy atom. The number of pyridine rings is 1. The van der Waals surface area contributed by atoms with Crippen LogP contribution in [0.2, 0.25) is 0 Å². The lowest BCUT2D eigenvalue weighted by atomic mass is 9.75. The van der Waals surface area contributed by atoms with Crippen molar-refractivity contribution in [2.24, 2.45) is 5.92 Å². The molecule has 0 bridgehead atoms. The number of carbonyl (C=O) groups is 2. The van der Waals surface area contributed by atoms with E-state index >= 15 is 0 Å². The molecule has 2 aliphatic rings. The Bertz CT molecular complexity index is 832. The Kier molecular flexibility index (Phi) is 4.59. The fourth-order valence-corrected chi connectivity index (χ4v) is 3.90. The number of para-hydroxylation sites is 1. The molecule has 6 heteroatoms. The second-order valence-electron chi connectivity index (χ2n) is 7.31. The van der Waals surface area contributed by atoms with Gasteiger partial charge in [-0.15, -0.1) is 0 Å². The van der Waals surface area contributed by atoms with Crippen LogP contribution in [-0.4, -0.2) is 46.0 Å². The predicted molar refractivity (Wildman–Crippen MR) is 97.2 cm³/mol. The lowest BCUT2D eigenvalue weighted by molar-refractivity contribution is -0.133. The molecule has 2 aromatic rings. The third kappa shape index (κ3) is 3.42. The lowest BCUT2D eigenvalue weighted by Crippen LogP contribution is -2.45. The normalized spacial score (nSPS) is 23.7. The van der Waals surface area contributed by atoms with Crippen molar-refractivity contribution in [1.82, 2.24) is 15.2 Å². The average Bonchev–Trinajstić information content (AvgIpc) is 3.01. The van der Waals surface area contributed by atoms with Gasteiger partial charge >= 0.3 is 0 Å². The number of aliphatic hydroxyl groups excluding tert-OH is 1. The standard InChI is InChI=1S/C20H23N3O3/c24-16-9-14(10-16)20(22-18(25)12-23-7-3-6-19(23)26)15-8-13-4-1-2-5-17(13)21-11-15/h1-2,4-5,8,11,14,16,20,24H,3,6-7,9-10,12H2,(H,22,25)/t14?,16?,20-/m0/s1. The molecule has 6 nitrogen and oxygen atoms in total. The van der Waals surface area contributed by atoms with Crippen molar-refractivity contribution in [2.45, 2.75) is 37.8 Å². The number of rotatable bonds is 5. The Balaban J connectivity index is 1.53. The molecule has 1 aromatic carbocycles. The number of carbonyl (C=O) groups excluding carboxylic acids is 2. The third-order valence-electron chi connectivity index (χ3n) is 5.41. The first-order valence-electron chi connectivity index (χ1n) is 9.20. The molecule has 1 saturated heterocycles. The van der Waals surface area contributed by atoms with Gasteiger partial charge in [0.1, 0.15) is 0 Å². The molecule has 2 heterocycles. The smallest absolute Gasteiger partial charge is 0.240 e. The zero-order valence-electron chi connectivity index (χ0n) is 14.6. The molecule has 2 amide bonds. The molecule has 4 rings (SSSR count). The van der Waals surface area contributed by atoms with Crippen LogP contribution in [0.25, 0.3) is 10.9 Å². The molecular formula is C20H23N3O3. The highest BCUT2D eigenvalue weighted by molar-refractivity contribution is 5.86. The van der Waals surface area contributed by atoms with E-state index in [1.807, 2.05) is 24.3 Å². The van der Waals surface area contributed by atoms with Crippen LogP contribution < -0.4 is 5.32 Å². The van der Waals surface area contributed by atoms with Gasteiger partial charge in [-0.25, -0.2) is 0 Å². The molecule has 0 radical (unpaired) electrons. The Morgan fingerprint density at radius 2 is 2.15 bits per heavy atom. The third-order valence-corrected chi connectivity index (χ3v) is 5.41. The first-order chi connectivity index (χ1) is 12.6. The zero-order chi connectivity index (χ0) is 18.1. The van der Waals surface area contributed by atoms with E-state index in [2.05, 4.69) is 16.4 Å². The fourth-order valence-electron chi connectivity index (χ4n) is 3.90. The fraction of sp³-hybridized carbons (Fsp3) is 0.450. The van der Waals surface area contributed by atoms with E-state index in [9.17, 15) is 14.7 Å². The van der Waals surface area contributed by atoms with Gasteiger partial charge in [-0.2, -0.15) is 0 Å². The number of aromatic nitrogens is 1. The summed E-state index contributed by atoms with van der Waals surface area (Å²) in [6.07, 6.45) is 4.19. The van der Waals surface area contributed by atoms with E-state index in [-0.39, 0.29) is 36.4 Å². The van der Waals surface area contributed by atoms with Gasteiger partial charge in [-0.05, 0) is 42.9 Å². The number of hydrogen-bond donors (Lipinski definition) is 2. The largest absolute Gasteiger partial charge is 0.393 e. The molecule has 0 unspecified atom stereocenters. The van der Waals surface area contributed by atoms with Crippen LogP contribution >= 0.6 is 0 Å². The molecule has 136 valence electrons. The molecule has 1 aliphatic heterocycles. The summed E-state index contributed by atoms with van der Waals surface area (Å²) >= 11 is 0. The molecule has 2 fully saturated rings. The summed E-state index contributed by atoms with van der Waals surface area (Å²) in [5.74, 6) is 0.0779. The Morgan fingerprint density at radius 3 is 2.88 bits per heavy atom. The van der Waals surface area contributed by atoms with Gasteiger partial charge in [0, 0.05) is 24.5 Å². The highest BCUT2D eigenvalue weighted by Gasteiger charge is 2.36. The number of nitrogens with zero attached hydrogens (tertiary/aromatic N) is 2. The van der Waals surface area contributed by atoms with Gasteiger partial charge in [-0.3, -0.25) is 14.6 Å². The molecule has 1 atom stereocenters. The van der Waals surface area contributed by atoms with Gasteiger partial charge in [0.2, 0.25) is 11.8 Å². The first kappa shape index (κ1) is 17.0. The SMILES string of the molecule is O=C(CN1CCCC1=O)N[C@H](c1cnc2ccccc2c1)C1CC(O)C1. The Labute approximate surface area is 152 Å². The number of amides is 2.